The molecule has 2 aromatic heterocycles. The van der Waals surface area contributed by atoms with Crippen molar-refractivity contribution in [3.63, 3.8) is 0 Å². The number of halogens is 1. The molecule has 0 bridgehead atoms. The fourth-order valence-corrected chi connectivity index (χ4v) is 1.92. The zero-order valence-corrected chi connectivity index (χ0v) is 8.92. The van der Waals surface area contributed by atoms with Gasteiger partial charge in [-0.25, -0.2) is 9.37 Å². The van der Waals surface area contributed by atoms with Gasteiger partial charge >= 0.3 is 0 Å². The highest BCUT2D eigenvalue weighted by Gasteiger charge is 2.05. The molecule has 2 aromatic rings. The molecule has 0 amide bonds. The second-order valence-electron chi connectivity index (χ2n) is 2.94. The molecule has 15 heavy (non-hydrogen) atoms. The zero-order chi connectivity index (χ0) is 10.7. The molecule has 0 aromatic carbocycles. The summed E-state index contributed by atoms with van der Waals surface area (Å²) in [4.78, 5) is 8.26. The Kier molecular flexibility index (Phi) is 3.03. The number of methoxy groups -OCH3 is 1. The maximum absolute atomic E-state index is 12.6. The molecule has 0 saturated carbocycles. The first-order chi connectivity index (χ1) is 7.29. The van der Waals surface area contributed by atoms with E-state index in [2.05, 4.69) is 9.97 Å². The van der Waals surface area contributed by atoms with Gasteiger partial charge in [0.1, 0.15) is 10.8 Å². The summed E-state index contributed by atoms with van der Waals surface area (Å²) in [7, 11) is 1.62. The van der Waals surface area contributed by atoms with E-state index in [0.717, 1.165) is 10.7 Å². The van der Waals surface area contributed by atoms with E-state index < -0.39 is 0 Å². The van der Waals surface area contributed by atoms with Crippen molar-refractivity contribution < 1.29 is 9.13 Å². The van der Waals surface area contributed by atoms with Crippen LogP contribution in [0.3, 0.4) is 0 Å². The molecule has 0 N–H and O–H groups in total. The molecule has 0 fully saturated rings. The van der Waals surface area contributed by atoms with Crippen molar-refractivity contribution in [3.8, 4) is 10.7 Å². The summed E-state index contributed by atoms with van der Waals surface area (Å²) in [5.41, 5.74) is 1.55. The van der Waals surface area contributed by atoms with Crippen LogP contribution in [0.15, 0.2) is 23.7 Å². The van der Waals surface area contributed by atoms with Gasteiger partial charge in [-0.3, -0.25) is 4.98 Å². The fourth-order valence-electron chi connectivity index (χ4n) is 1.14. The molecule has 0 aliphatic heterocycles. The van der Waals surface area contributed by atoms with Gasteiger partial charge in [0.2, 0.25) is 0 Å². The maximum atomic E-state index is 12.6. The maximum Gasteiger partial charge on any atom is 0.142 e. The lowest BCUT2D eigenvalue weighted by Crippen LogP contribution is -1.88. The highest BCUT2D eigenvalue weighted by Crippen LogP contribution is 2.21. The minimum absolute atomic E-state index is 0.340. The quantitative estimate of drug-likeness (QED) is 0.803. The van der Waals surface area contributed by atoms with Gasteiger partial charge in [-0.15, -0.1) is 11.3 Å². The molecule has 0 aliphatic rings. The van der Waals surface area contributed by atoms with E-state index in [4.69, 9.17) is 4.74 Å². The first-order valence-electron chi connectivity index (χ1n) is 4.35. The van der Waals surface area contributed by atoms with Gasteiger partial charge in [0, 0.05) is 12.5 Å². The Morgan fingerprint density at radius 1 is 1.47 bits per heavy atom. The predicted molar refractivity (Wildman–Crippen MR) is 56.0 cm³/mol. The van der Waals surface area contributed by atoms with Crippen molar-refractivity contribution in [2.24, 2.45) is 0 Å². The van der Waals surface area contributed by atoms with Crippen molar-refractivity contribution in [1.29, 1.82) is 0 Å². The lowest BCUT2D eigenvalue weighted by molar-refractivity contribution is 0.182. The molecule has 0 unspecified atom stereocenters. The lowest BCUT2D eigenvalue weighted by Gasteiger charge is -1.94. The van der Waals surface area contributed by atoms with Crippen LogP contribution in [0.25, 0.3) is 10.7 Å². The number of hydrogen-bond acceptors (Lipinski definition) is 4. The van der Waals surface area contributed by atoms with Gasteiger partial charge < -0.3 is 4.74 Å². The second-order valence-corrected chi connectivity index (χ2v) is 3.80. The first kappa shape index (κ1) is 10.2. The predicted octanol–water partition coefficient (Wildman–Crippen LogP) is 2.49. The van der Waals surface area contributed by atoms with Crippen LogP contribution in [-0.4, -0.2) is 17.1 Å². The van der Waals surface area contributed by atoms with Crippen molar-refractivity contribution in [2.45, 2.75) is 6.61 Å². The average Bonchev–Trinajstić information content (AvgIpc) is 2.68. The van der Waals surface area contributed by atoms with E-state index in [1.165, 1.54) is 23.6 Å². The molecule has 3 nitrogen and oxygen atoms in total. The average molecular weight is 224 g/mol. The minimum atomic E-state index is -0.340. The lowest BCUT2D eigenvalue weighted by atomic mass is 10.3. The van der Waals surface area contributed by atoms with E-state index in [0.29, 0.717) is 12.3 Å². The molecule has 5 heteroatoms. The van der Waals surface area contributed by atoms with Gasteiger partial charge in [0.05, 0.1) is 24.2 Å². The number of rotatable bonds is 3. The highest BCUT2D eigenvalue weighted by atomic mass is 32.1. The Balaban J connectivity index is 2.25. The van der Waals surface area contributed by atoms with Crippen LogP contribution in [0.4, 0.5) is 4.39 Å². The third-order valence-corrected chi connectivity index (χ3v) is 2.70. The van der Waals surface area contributed by atoms with Gasteiger partial charge in [0.25, 0.3) is 0 Å². The van der Waals surface area contributed by atoms with Gasteiger partial charge in [-0.05, 0) is 12.1 Å². The van der Waals surface area contributed by atoms with Crippen molar-refractivity contribution in [3.05, 3.63) is 35.2 Å². The van der Waals surface area contributed by atoms with Gasteiger partial charge in [-0.2, -0.15) is 0 Å². The number of hydrogen-bond donors (Lipinski definition) is 0. The van der Waals surface area contributed by atoms with Crippen LogP contribution in [0, 0.1) is 5.82 Å². The molecule has 2 rings (SSSR count). The normalized spacial score (nSPS) is 10.5. The minimum Gasteiger partial charge on any atom is -0.378 e. The summed E-state index contributed by atoms with van der Waals surface area (Å²) in [5.74, 6) is -0.340. The van der Waals surface area contributed by atoms with E-state index in [1.807, 2.05) is 5.38 Å². The van der Waals surface area contributed by atoms with Crippen LogP contribution in [0.1, 0.15) is 5.69 Å². The number of pyridine rings is 1. The first-order valence-corrected chi connectivity index (χ1v) is 5.23. The van der Waals surface area contributed by atoms with E-state index in [9.17, 15) is 4.39 Å². The molecule has 2 heterocycles. The van der Waals surface area contributed by atoms with E-state index >= 15 is 0 Å². The summed E-state index contributed by atoms with van der Waals surface area (Å²) < 4.78 is 17.6. The Bertz CT molecular complexity index is 441. The van der Waals surface area contributed by atoms with Crippen molar-refractivity contribution >= 4 is 11.3 Å². The number of aromatic nitrogens is 2. The third kappa shape index (κ3) is 2.37. The Morgan fingerprint density at radius 3 is 3.00 bits per heavy atom. The molecule has 0 atom stereocenters. The summed E-state index contributed by atoms with van der Waals surface area (Å²) >= 11 is 1.47. The van der Waals surface area contributed by atoms with Crippen LogP contribution in [-0.2, 0) is 11.3 Å². The Hall–Kier alpha value is -1.33. The van der Waals surface area contributed by atoms with Crippen LogP contribution >= 0.6 is 11.3 Å². The van der Waals surface area contributed by atoms with E-state index in [1.54, 1.807) is 13.2 Å². The molecule has 0 saturated heterocycles. The topological polar surface area (TPSA) is 35.0 Å². The largest absolute Gasteiger partial charge is 0.378 e. The zero-order valence-electron chi connectivity index (χ0n) is 8.11. The Morgan fingerprint density at radius 2 is 2.33 bits per heavy atom. The number of nitrogens with zero attached hydrogens (tertiary/aromatic N) is 2. The smallest absolute Gasteiger partial charge is 0.142 e. The van der Waals surface area contributed by atoms with Crippen molar-refractivity contribution in [1.82, 2.24) is 9.97 Å². The summed E-state index contributed by atoms with van der Waals surface area (Å²) in [6, 6.07) is 2.99. The highest BCUT2D eigenvalue weighted by molar-refractivity contribution is 7.13. The number of ether oxygens (including phenoxy) is 1. The summed E-state index contributed by atoms with van der Waals surface area (Å²) in [6.45, 7) is 0.484. The standard InChI is InChI=1S/C10H9FN2OS/c1-14-5-8-6-15-10(13-8)9-3-2-7(11)4-12-9/h2-4,6H,5H2,1H3. The second kappa shape index (κ2) is 4.46. The number of thiazole rings is 1. The molecular formula is C10H9FN2OS. The third-order valence-electron chi connectivity index (χ3n) is 1.79. The molecular weight excluding hydrogens is 215 g/mol. The molecule has 78 valence electrons. The van der Waals surface area contributed by atoms with Gasteiger partial charge in [-0.1, -0.05) is 0 Å². The van der Waals surface area contributed by atoms with Gasteiger partial charge in [0.15, 0.2) is 0 Å². The van der Waals surface area contributed by atoms with Crippen LogP contribution in [0.2, 0.25) is 0 Å². The SMILES string of the molecule is COCc1csc(-c2ccc(F)cn2)n1. The van der Waals surface area contributed by atoms with Crippen LogP contribution in [0.5, 0.6) is 0 Å². The van der Waals surface area contributed by atoms with Crippen LogP contribution < -0.4 is 0 Å². The summed E-state index contributed by atoms with van der Waals surface area (Å²) in [5, 5.41) is 2.69. The fraction of sp³-hybridized carbons (Fsp3) is 0.200. The monoisotopic (exact) mass is 224 g/mol. The summed E-state index contributed by atoms with van der Waals surface area (Å²) in [6.07, 6.45) is 1.19. The molecule has 0 radical (unpaired) electrons. The van der Waals surface area contributed by atoms with E-state index in [-0.39, 0.29) is 5.82 Å². The Labute approximate surface area is 90.6 Å². The molecule has 0 aliphatic carbocycles. The van der Waals surface area contributed by atoms with Crippen molar-refractivity contribution in [2.75, 3.05) is 7.11 Å². The molecule has 0 spiro atoms.